The summed E-state index contributed by atoms with van der Waals surface area (Å²) in [5.74, 6) is 0. The summed E-state index contributed by atoms with van der Waals surface area (Å²) >= 11 is 0. The predicted molar refractivity (Wildman–Crippen MR) is 78.5 cm³/mol. The Bertz CT molecular complexity index is 290. The van der Waals surface area contributed by atoms with E-state index in [2.05, 4.69) is 34.3 Å². The van der Waals surface area contributed by atoms with E-state index < -0.39 is 0 Å². The molecule has 19 heavy (non-hydrogen) atoms. The molecule has 1 saturated heterocycles. The Hall–Kier alpha value is -0.380. The highest BCUT2D eigenvalue weighted by Crippen LogP contribution is 2.26. The normalized spacial score (nSPS) is 19.5. The molecule has 1 rings (SSSR count). The molecule has 0 aromatic carbocycles. The van der Waals surface area contributed by atoms with Gasteiger partial charge in [-0.1, -0.05) is 5.57 Å². The van der Waals surface area contributed by atoms with E-state index in [1.54, 1.807) is 0 Å². The maximum absolute atomic E-state index is 5.97. The summed E-state index contributed by atoms with van der Waals surface area (Å²) in [6.45, 7) is 16.8. The SMILES string of the molecule is C=C(C)CCOC(C)(C)CCOC(C)(C)CC1CO1. The highest BCUT2D eigenvalue weighted by molar-refractivity contribution is 4.87. The molecule has 112 valence electrons. The van der Waals surface area contributed by atoms with E-state index in [0.717, 1.165) is 44.7 Å². The number of hydrogen-bond donors (Lipinski definition) is 0. The quantitative estimate of drug-likeness (QED) is 0.448. The fourth-order valence-electron chi connectivity index (χ4n) is 1.94. The average Bonchev–Trinajstić information content (AvgIpc) is 2.98. The highest BCUT2D eigenvalue weighted by atomic mass is 16.6. The lowest BCUT2D eigenvalue weighted by molar-refractivity contribution is -0.0751. The molecule has 0 amide bonds. The molecule has 0 radical (unpaired) electrons. The van der Waals surface area contributed by atoms with Crippen LogP contribution < -0.4 is 0 Å². The Morgan fingerprint density at radius 1 is 1.16 bits per heavy atom. The van der Waals surface area contributed by atoms with Gasteiger partial charge in [-0.25, -0.2) is 0 Å². The van der Waals surface area contributed by atoms with Crippen LogP contribution >= 0.6 is 0 Å². The summed E-state index contributed by atoms with van der Waals surface area (Å²) in [6.07, 6.45) is 3.21. The minimum atomic E-state index is -0.137. The molecule has 1 aliphatic rings. The van der Waals surface area contributed by atoms with Crippen LogP contribution in [0.1, 0.15) is 53.9 Å². The van der Waals surface area contributed by atoms with Crippen molar-refractivity contribution in [1.29, 1.82) is 0 Å². The molecule has 0 aromatic rings. The Balaban J connectivity index is 2.16. The third-order valence-corrected chi connectivity index (χ3v) is 3.34. The first kappa shape index (κ1) is 16.7. The van der Waals surface area contributed by atoms with Gasteiger partial charge in [0.2, 0.25) is 0 Å². The van der Waals surface area contributed by atoms with Gasteiger partial charge in [0.25, 0.3) is 0 Å². The monoisotopic (exact) mass is 270 g/mol. The molecule has 0 bridgehead atoms. The largest absolute Gasteiger partial charge is 0.375 e. The smallest absolute Gasteiger partial charge is 0.0837 e. The molecule has 0 spiro atoms. The van der Waals surface area contributed by atoms with Crippen molar-refractivity contribution in [2.75, 3.05) is 19.8 Å². The van der Waals surface area contributed by atoms with E-state index in [1.165, 1.54) is 0 Å². The van der Waals surface area contributed by atoms with Crippen LogP contribution in [-0.4, -0.2) is 37.1 Å². The van der Waals surface area contributed by atoms with Crippen LogP contribution in [-0.2, 0) is 14.2 Å². The van der Waals surface area contributed by atoms with Gasteiger partial charge in [-0.15, -0.1) is 6.58 Å². The van der Waals surface area contributed by atoms with Gasteiger partial charge in [0, 0.05) is 6.42 Å². The number of hydrogen-bond acceptors (Lipinski definition) is 3. The molecule has 0 saturated carbocycles. The van der Waals surface area contributed by atoms with Crippen molar-refractivity contribution in [2.45, 2.75) is 71.2 Å². The molecular formula is C16H30O3. The van der Waals surface area contributed by atoms with E-state index in [1.807, 2.05) is 6.92 Å². The number of rotatable bonds is 10. The second kappa shape index (κ2) is 6.87. The number of ether oxygens (including phenoxy) is 3. The lowest BCUT2D eigenvalue weighted by atomic mass is 10.0. The molecule has 0 N–H and O–H groups in total. The van der Waals surface area contributed by atoms with Gasteiger partial charge >= 0.3 is 0 Å². The minimum Gasteiger partial charge on any atom is -0.375 e. The first-order chi connectivity index (χ1) is 8.70. The average molecular weight is 270 g/mol. The molecular weight excluding hydrogens is 240 g/mol. The molecule has 0 aromatic heterocycles. The predicted octanol–water partition coefficient (Wildman–Crippen LogP) is 3.72. The number of epoxide rings is 1. The van der Waals surface area contributed by atoms with E-state index >= 15 is 0 Å². The third kappa shape index (κ3) is 8.40. The lowest BCUT2D eigenvalue weighted by Crippen LogP contribution is -2.32. The van der Waals surface area contributed by atoms with Crippen molar-refractivity contribution in [3.8, 4) is 0 Å². The van der Waals surface area contributed by atoms with Crippen LogP contribution in [0.5, 0.6) is 0 Å². The van der Waals surface area contributed by atoms with Gasteiger partial charge < -0.3 is 14.2 Å². The van der Waals surface area contributed by atoms with Crippen LogP contribution in [0, 0.1) is 0 Å². The first-order valence-corrected chi connectivity index (χ1v) is 7.24. The zero-order valence-corrected chi connectivity index (χ0v) is 13.3. The molecule has 1 fully saturated rings. The van der Waals surface area contributed by atoms with Crippen molar-refractivity contribution >= 4 is 0 Å². The Morgan fingerprint density at radius 3 is 2.26 bits per heavy atom. The Kier molecular flexibility index (Phi) is 6.03. The maximum Gasteiger partial charge on any atom is 0.0837 e. The fraction of sp³-hybridized carbons (Fsp3) is 0.875. The van der Waals surface area contributed by atoms with Crippen molar-refractivity contribution < 1.29 is 14.2 Å². The van der Waals surface area contributed by atoms with Crippen LogP contribution in [0.4, 0.5) is 0 Å². The zero-order valence-electron chi connectivity index (χ0n) is 13.3. The van der Waals surface area contributed by atoms with Crippen LogP contribution in [0.15, 0.2) is 12.2 Å². The van der Waals surface area contributed by atoms with Gasteiger partial charge in [-0.2, -0.15) is 0 Å². The van der Waals surface area contributed by atoms with Crippen LogP contribution in [0.25, 0.3) is 0 Å². The standard InChI is InChI=1S/C16H30O3/c1-13(2)7-9-18-15(3,4)8-10-19-16(5,6)11-14-12-17-14/h14H,1,7-12H2,2-6H3. The van der Waals surface area contributed by atoms with Crippen LogP contribution in [0.3, 0.4) is 0 Å². The van der Waals surface area contributed by atoms with Gasteiger partial charge in [0.15, 0.2) is 0 Å². The van der Waals surface area contributed by atoms with Gasteiger partial charge in [-0.05, 0) is 47.5 Å². The van der Waals surface area contributed by atoms with Gasteiger partial charge in [0.1, 0.15) is 0 Å². The summed E-state index contributed by atoms with van der Waals surface area (Å²) in [7, 11) is 0. The summed E-state index contributed by atoms with van der Waals surface area (Å²) in [4.78, 5) is 0. The second-order valence-corrected chi connectivity index (χ2v) is 6.83. The van der Waals surface area contributed by atoms with E-state index in [-0.39, 0.29) is 11.2 Å². The lowest BCUT2D eigenvalue weighted by Gasteiger charge is -2.29. The summed E-state index contributed by atoms with van der Waals surface area (Å²) in [5, 5.41) is 0. The van der Waals surface area contributed by atoms with E-state index in [0.29, 0.717) is 6.10 Å². The van der Waals surface area contributed by atoms with Crippen molar-refractivity contribution in [1.82, 2.24) is 0 Å². The van der Waals surface area contributed by atoms with Crippen molar-refractivity contribution in [2.24, 2.45) is 0 Å². The first-order valence-electron chi connectivity index (χ1n) is 7.24. The summed E-state index contributed by atoms with van der Waals surface area (Å²) < 4.78 is 17.1. The molecule has 0 aliphatic carbocycles. The molecule has 1 atom stereocenters. The molecule has 1 aliphatic heterocycles. The Labute approximate surface area is 118 Å². The Morgan fingerprint density at radius 2 is 1.74 bits per heavy atom. The van der Waals surface area contributed by atoms with Crippen molar-refractivity contribution in [3.05, 3.63) is 12.2 Å². The molecule has 1 heterocycles. The topological polar surface area (TPSA) is 31.0 Å². The van der Waals surface area contributed by atoms with Gasteiger partial charge in [0.05, 0.1) is 37.1 Å². The zero-order chi connectivity index (χ0) is 14.5. The maximum atomic E-state index is 5.97. The van der Waals surface area contributed by atoms with Crippen LogP contribution in [0.2, 0.25) is 0 Å². The van der Waals surface area contributed by atoms with E-state index in [4.69, 9.17) is 14.2 Å². The molecule has 3 heteroatoms. The third-order valence-electron chi connectivity index (χ3n) is 3.34. The van der Waals surface area contributed by atoms with E-state index in [9.17, 15) is 0 Å². The summed E-state index contributed by atoms with van der Waals surface area (Å²) in [6, 6.07) is 0. The molecule has 1 unspecified atom stereocenters. The fourth-order valence-corrected chi connectivity index (χ4v) is 1.94. The van der Waals surface area contributed by atoms with Gasteiger partial charge in [-0.3, -0.25) is 0 Å². The minimum absolute atomic E-state index is 0.102. The summed E-state index contributed by atoms with van der Waals surface area (Å²) in [5.41, 5.74) is 0.925. The van der Waals surface area contributed by atoms with Crippen molar-refractivity contribution in [3.63, 3.8) is 0 Å². The second-order valence-electron chi connectivity index (χ2n) is 6.83. The highest BCUT2D eigenvalue weighted by Gasteiger charge is 2.32. The molecule has 3 nitrogen and oxygen atoms in total.